The molecule has 1 atom stereocenters. The largest absolute Gasteiger partial charge is 0.324 e. The van der Waals surface area contributed by atoms with E-state index in [1.165, 1.54) is 18.2 Å². The summed E-state index contributed by atoms with van der Waals surface area (Å²) in [6.45, 7) is 0. The molecule has 1 nitrogen and oxygen atoms in total. The minimum absolute atomic E-state index is 0. The summed E-state index contributed by atoms with van der Waals surface area (Å²) in [6.07, 6.45) is -2.88. The zero-order valence-electron chi connectivity index (χ0n) is 7.59. The van der Waals surface area contributed by atoms with Crippen molar-refractivity contribution in [1.82, 2.24) is 0 Å². The average molecular weight is 305 g/mol. The Hall–Kier alpha value is -0.260. The molecule has 15 heavy (non-hydrogen) atoms. The molecule has 0 saturated heterocycles. The first-order valence-electron chi connectivity index (χ1n) is 3.99. The maximum absolute atomic E-state index is 12.7. The van der Waals surface area contributed by atoms with E-state index < -0.39 is 24.7 Å². The number of halogens is 5. The first kappa shape index (κ1) is 14.7. The Morgan fingerprint density at radius 3 is 2.40 bits per heavy atom. The number of rotatable bonds is 3. The van der Waals surface area contributed by atoms with Crippen LogP contribution in [0.3, 0.4) is 0 Å². The highest BCUT2D eigenvalue weighted by molar-refractivity contribution is 9.10. The Labute approximate surface area is 100 Å². The van der Waals surface area contributed by atoms with Crippen LogP contribution in [0.15, 0.2) is 22.7 Å². The molecule has 0 aliphatic heterocycles. The number of benzene rings is 1. The summed E-state index contributed by atoms with van der Waals surface area (Å²) in [5.41, 5.74) is 6.01. The summed E-state index contributed by atoms with van der Waals surface area (Å²) >= 11 is 3.07. The molecule has 0 fully saturated rings. The maximum Gasteiger partial charge on any atom is 0.240 e. The fraction of sp³-hybridized carbons (Fsp3) is 0.333. The predicted molar refractivity (Wildman–Crippen MR) is 58.9 cm³/mol. The van der Waals surface area contributed by atoms with Crippen molar-refractivity contribution >= 4 is 28.3 Å². The second-order valence-electron chi connectivity index (χ2n) is 2.90. The van der Waals surface area contributed by atoms with Crippen molar-refractivity contribution in [1.29, 1.82) is 0 Å². The van der Waals surface area contributed by atoms with Crippen molar-refractivity contribution in [3.63, 3.8) is 0 Å². The summed E-state index contributed by atoms with van der Waals surface area (Å²) in [7, 11) is 0. The van der Waals surface area contributed by atoms with Gasteiger partial charge in [-0.2, -0.15) is 0 Å². The number of hydrogen-bond donors (Lipinski definition) is 1. The highest BCUT2D eigenvalue weighted by atomic mass is 79.9. The molecule has 1 aromatic carbocycles. The van der Waals surface area contributed by atoms with Gasteiger partial charge < -0.3 is 5.73 Å². The topological polar surface area (TPSA) is 26.0 Å². The quantitative estimate of drug-likeness (QED) is 0.906. The molecule has 0 radical (unpaired) electrons. The Kier molecular flexibility index (Phi) is 6.24. The third-order valence-corrected chi connectivity index (χ3v) is 2.48. The van der Waals surface area contributed by atoms with Gasteiger partial charge in [0.05, 0.1) is 0 Å². The average Bonchev–Trinajstić information content (AvgIpc) is 2.01. The van der Waals surface area contributed by atoms with E-state index in [2.05, 4.69) is 15.9 Å². The van der Waals surface area contributed by atoms with Gasteiger partial charge in [0.15, 0.2) is 0 Å². The monoisotopic (exact) mass is 303 g/mol. The second-order valence-corrected chi connectivity index (χ2v) is 3.75. The molecule has 0 aliphatic rings. The summed E-state index contributed by atoms with van der Waals surface area (Å²) in [5, 5.41) is 0. The van der Waals surface area contributed by atoms with Crippen molar-refractivity contribution in [3.8, 4) is 0 Å². The molecule has 0 aliphatic carbocycles. The van der Waals surface area contributed by atoms with Gasteiger partial charge in [0.25, 0.3) is 0 Å². The first-order valence-corrected chi connectivity index (χ1v) is 4.78. The summed E-state index contributed by atoms with van der Waals surface area (Å²) in [5.74, 6) is -0.426. The van der Waals surface area contributed by atoms with E-state index in [1.54, 1.807) is 0 Å². The van der Waals surface area contributed by atoms with E-state index in [9.17, 15) is 13.2 Å². The molecule has 0 amide bonds. The normalized spacial score (nSPS) is 12.4. The van der Waals surface area contributed by atoms with Crippen LogP contribution in [0, 0.1) is 5.82 Å². The fourth-order valence-electron chi connectivity index (χ4n) is 1.12. The van der Waals surface area contributed by atoms with Crippen LogP contribution in [0.2, 0.25) is 0 Å². The van der Waals surface area contributed by atoms with Crippen LogP contribution in [0.1, 0.15) is 18.0 Å². The van der Waals surface area contributed by atoms with Gasteiger partial charge in [-0.3, -0.25) is 0 Å². The molecule has 0 saturated carbocycles. The lowest BCUT2D eigenvalue weighted by atomic mass is 10.1. The van der Waals surface area contributed by atoms with Gasteiger partial charge in [0.1, 0.15) is 5.82 Å². The molecule has 0 spiro atoms. The molecule has 0 heterocycles. The van der Waals surface area contributed by atoms with Crippen LogP contribution in [-0.2, 0) is 0 Å². The van der Waals surface area contributed by atoms with E-state index in [4.69, 9.17) is 5.73 Å². The zero-order valence-corrected chi connectivity index (χ0v) is 9.99. The molecule has 6 heteroatoms. The molecule has 86 valence electrons. The van der Waals surface area contributed by atoms with Gasteiger partial charge in [-0.15, -0.1) is 12.4 Å². The first-order chi connectivity index (χ1) is 6.50. The van der Waals surface area contributed by atoms with E-state index in [1.807, 2.05) is 0 Å². The number of nitrogens with two attached hydrogens (primary N) is 1. The lowest BCUT2D eigenvalue weighted by molar-refractivity contribution is 0.128. The van der Waals surface area contributed by atoms with Crippen LogP contribution in [0.4, 0.5) is 13.2 Å². The molecule has 0 bridgehead atoms. The third-order valence-electron chi connectivity index (χ3n) is 1.79. The summed E-state index contributed by atoms with van der Waals surface area (Å²) in [6, 6.07) is 3.04. The fourth-order valence-corrected chi connectivity index (χ4v) is 1.77. The summed E-state index contributed by atoms with van der Waals surface area (Å²) < 4.78 is 37.1. The van der Waals surface area contributed by atoms with Gasteiger partial charge in [-0.1, -0.05) is 22.0 Å². The molecule has 0 unspecified atom stereocenters. The van der Waals surface area contributed by atoms with Crippen LogP contribution >= 0.6 is 28.3 Å². The van der Waals surface area contributed by atoms with E-state index in [0.717, 1.165) is 0 Å². The molecular weight excluding hydrogens is 294 g/mol. The zero-order chi connectivity index (χ0) is 10.7. The second kappa shape index (κ2) is 6.35. The Bertz CT molecular complexity index is 322. The highest BCUT2D eigenvalue weighted by Gasteiger charge is 2.15. The Morgan fingerprint density at radius 1 is 1.33 bits per heavy atom. The van der Waals surface area contributed by atoms with Crippen molar-refractivity contribution in [2.75, 3.05) is 0 Å². The standard InChI is InChI=1S/C9H9BrF3N.ClH/c10-7-3-5(11)1-2-6(7)8(14)4-9(12)13;/h1-3,8-9H,4,14H2;1H/t8-;/m0./s1. The molecule has 0 aromatic heterocycles. The van der Waals surface area contributed by atoms with E-state index >= 15 is 0 Å². The Balaban J connectivity index is 0.00000196. The minimum atomic E-state index is -2.46. The summed E-state index contributed by atoms with van der Waals surface area (Å²) in [4.78, 5) is 0. The van der Waals surface area contributed by atoms with Gasteiger partial charge in [0.2, 0.25) is 6.43 Å². The van der Waals surface area contributed by atoms with Crippen molar-refractivity contribution in [2.24, 2.45) is 5.73 Å². The molecule has 2 N–H and O–H groups in total. The molecule has 1 aromatic rings. The number of hydrogen-bond acceptors (Lipinski definition) is 1. The third kappa shape index (κ3) is 4.40. The number of alkyl halides is 2. The van der Waals surface area contributed by atoms with Crippen molar-refractivity contribution in [2.45, 2.75) is 18.9 Å². The van der Waals surface area contributed by atoms with Gasteiger partial charge >= 0.3 is 0 Å². The van der Waals surface area contributed by atoms with Crippen molar-refractivity contribution < 1.29 is 13.2 Å². The molecule has 1 rings (SSSR count). The van der Waals surface area contributed by atoms with Gasteiger partial charge in [-0.25, -0.2) is 13.2 Å². The van der Waals surface area contributed by atoms with Crippen LogP contribution in [0.25, 0.3) is 0 Å². The highest BCUT2D eigenvalue weighted by Crippen LogP contribution is 2.26. The van der Waals surface area contributed by atoms with Crippen molar-refractivity contribution in [3.05, 3.63) is 34.1 Å². The van der Waals surface area contributed by atoms with Crippen LogP contribution in [0.5, 0.6) is 0 Å². The van der Waals surface area contributed by atoms with Crippen LogP contribution in [-0.4, -0.2) is 6.43 Å². The van der Waals surface area contributed by atoms with E-state index in [0.29, 0.717) is 10.0 Å². The lowest BCUT2D eigenvalue weighted by Crippen LogP contribution is -2.14. The lowest BCUT2D eigenvalue weighted by Gasteiger charge is -2.13. The molecular formula is C9H10BrClF3N. The SMILES string of the molecule is Cl.N[C@@H](CC(F)F)c1ccc(F)cc1Br. The van der Waals surface area contributed by atoms with E-state index in [-0.39, 0.29) is 12.4 Å². The van der Waals surface area contributed by atoms with Crippen LogP contribution < -0.4 is 5.73 Å². The minimum Gasteiger partial charge on any atom is -0.324 e. The van der Waals surface area contributed by atoms with Gasteiger partial charge in [-0.05, 0) is 17.7 Å². The maximum atomic E-state index is 12.7. The predicted octanol–water partition coefficient (Wildman–Crippen LogP) is 3.67. The van der Waals surface area contributed by atoms with Gasteiger partial charge in [0, 0.05) is 16.9 Å². The Morgan fingerprint density at radius 2 is 1.93 bits per heavy atom. The smallest absolute Gasteiger partial charge is 0.240 e.